The molecule has 0 amide bonds. The lowest BCUT2D eigenvalue weighted by molar-refractivity contribution is 0.102. The van der Waals surface area contributed by atoms with Crippen LogP contribution in [0, 0.1) is 5.92 Å². The fourth-order valence-electron chi connectivity index (χ4n) is 3.90. The SMILES string of the molecule is CN1CCCC2CN(c3ccc(Cl)cc3CN)CCC21. The van der Waals surface area contributed by atoms with Crippen molar-refractivity contribution in [2.75, 3.05) is 31.6 Å². The molecule has 0 aliphatic carbocycles. The Hall–Kier alpha value is -0.770. The number of nitrogens with two attached hydrogens (primary N) is 1. The predicted molar refractivity (Wildman–Crippen MR) is 85.3 cm³/mol. The van der Waals surface area contributed by atoms with Gasteiger partial charge in [0.15, 0.2) is 0 Å². The molecule has 2 unspecified atom stereocenters. The second-order valence-corrected chi connectivity index (χ2v) is 6.60. The molecule has 2 aliphatic rings. The molecule has 2 saturated heterocycles. The molecule has 2 aliphatic heterocycles. The zero-order valence-corrected chi connectivity index (χ0v) is 12.9. The number of halogens is 1. The van der Waals surface area contributed by atoms with Gasteiger partial charge in [-0.15, -0.1) is 0 Å². The van der Waals surface area contributed by atoms with Gasteiger partial charge in [0.05, 0.1) is 0 Å². The molecule has 1 aromatic rings. The maximum atomic E-state index is 6.08. The van der Waals surface area contributed by atoms with Gasteiger partial charge < -0.3 is 15.5 Å². The number of nitrogens with zero attached hydrogens (tertiary/aromatic N) is 2. The van der Waals surface area contributed by atoms with E-state index < -0.39 is 0 Å². The number of anilines is 1. The highest BCUT2D eigenvalue weighted by molar-refractivity contribution is 6.30. The van der Waals surface area contributed by atoms with Gasteiger partial charge in [0.2, 0.25) is 0 Å². The second kappa shape index (κ2) is 5.92. The lowest BCUT2D eigenvalue weighted by Gasteiger charge is -2.47. The van der Waals surface area contributed by atoms with E-state index >= 15 is 0 Å². The minimum Gasteiger partial charge on any atom is -0.371 e. The molecule has 1 aromatic carbocycles. The topological polar surface area (TPSA) is 32.5 Å². The predicted octanol–water partition coefficient (Wildman–Crippen LogP) is 2.72. The Morgan fingerprint density at radius 2 is 2.15 bits per heavy atom. The van der Waals surface area contributed by atoms with Crippen molar-refractivity contribution in [1.29, 1.82) is 0 Å². The van der Waals surface area contributed by atoms with Crippen LogP contribution in [0.1, 0.15) is 24.8 Å². The summed E-state index contributed by atoms with van der Waals surface area (Å²) in [4.78, 5) is 5.07. The highest BCUT2D eigenvalue weighted by Gasteiger charge is 2.34. The van der Waals surface area contributed by atoms with Gasteiger partial charge in [0.25, 0.3) is 0 Å². The molecular weight excluding hydrogens is 270 g/mol. The molecule has 110 valence electrons. The number of fused-ring (bicyclic) bond motifs is 1. The van der Waals surface area contributed by atoms with Gasteiger partial charge >= 0.3 is 0 Å². The molecule has 20 heavy (non-hydrogen) atoms. The van der Waals surface area contributed by atoms with Gasteiger partial charge in [0.1, 0.15) is 0 Å². The van der Waals surface area contributed by atoms with Crippen molar-refractivity contribution in [3.8, 4) is 0 Å². The molecule has 3 nitrogen and oxygen atoms in total. The van der Waals surface area contributed by atoms with E-state index in [4.69, 9.17) is 17.3 Å². The Balaban J connectivity index is 1.79. The van der Waals surface area contributed by atoms with Gasteiger partial charge in [-0.25, -0.2) is 0 Å². The van der Waals surface area contributed by atoms with Crippen LogP contribution in [0.15, 0.2) is 18.2 Å². The number of benzene rings is 1. The van der Waals surface area contributed by atoms with E-state index in [0.717, 1.165) is 30.1 Å². The number of hydrogen-bond acceptors (Lipinski definition) is 3. The number of hydrogen-bond donors (Lipinski definition) is 1. The minimum absolute atomic E-state index is 0.556. The number of piperidine rings is 2. The molecular formula is C16H24ClN3. The first-order valence-corrected chi connectivity index (χ1v) is 8.00. The average Bonchev–Trinajstić information content (AvgIpc) is 2.47. The monoisotopic (exact) mass is 293 g/mol. The fraction of sp³-hybridized carbons (Fsp3) is 0.625. The molecule has 0 radical (unpaired) electrons. The molecule has 2 N–H and O–H groups in total. The first kappa shape index (κ1) is 14.2. The van der Waals surface area contributed by atoms with Crippen LogP contribution in [-0.2, 0) is 6.54 Å². The van der Waals surface area contributed by atoms with Crippen LogP contribution in [0.4, 0.5) is 5.69 Å². The van der Waals surface area contributed by atoms with Gasteiger partial charge in [-0.3, -0.25) is 0 Å². The van der Waals surface area contributed by atoms with Gasteiger partial charge in [0, 0.05) is 36.4 Å². The van der Waals surface area contributed by atoms with E-state index in [0.29, 0.717) is 6.54 Å². The number of rotatable bonds is 2. The third-order valence-corrected chi connectivity index (χ3v) is 5.18. The fourth-order valence-corrected chi connectivity index (χ4v) is 4.09. The van der Waals surface area contributed by atoms with Crippen molar-refractivity contribution in [2.45, 2.75) is 31.8 Å². The zero-order valence-electron chi connectivity index (χ0n) is 12.2. The van der Waals surface area contributed by atoms with Crippen LogP contribution in [0.25, 0.3) is 0 Å². The molecule has 2 fully saturated rings. The van der Waals surface area contributed by atoms with Crippen LogP contribution < -0.4 is 10.6 Å². The molecule has 0 saturated carbocycles. The number of likely N-dealkylation sites (tertiary alicyclic amines) is 1. The Morgan fingerprint density at radius 3 is 2.95 bits per heavy atom. The van der Waals surface area contributed by atoms with Crippen molar-refractivity contribution in [3.63, 3.8) is 0 Å². The minimum atomic E-state index is 0.556. The second-order valence-electron chi connectivity index (χ2n) is 6.16. The van der Waals surface area contributed by atoms with E-state index in [-0.39, 0.29) is 0 Å². The summed E-state index contributed by atoms with van der Waals surface area (Å²) >= 11 is 6.08. The van der Waals surface area contributed by atoms with E-state index in [1.165, 1.54) is 37.1 Å². The maximum Gasteiger partial charge on any atom is 0.0412 e. The van der Waals surface area contributed by atoms with Crippen LogP contribution in [-0.4, -0.2) is 37.6 Å². The molecule has 0 aromatic heterocycles. The van der Waals surface area contributed by atoms with Crippen LogP contribution in [0.2, 0.25) is 5.02 Å². The smallest absolute Gasteiger partial charge is 0.0412 e. The van der Waals surface area contributed by atoms with Crippen molar-refractivity contribution in [3.05, 3.63) is 28.8 Å². The molecule has 0 bridgehead atoms. The van der Waals surface area contributed by atoms with Crippen molar-refractivity contribution >= 4 is 17.3 Å². The summed E-state index contributed by atoms with van der Waals surface area (Å²) in [5.41, 5.74) is 8.33. The Kier molecular flexibility index (Phi) is 4.20. The quantitative estimate of drug-likeness (QED) is 0.910. The maximum absolute atomic E-state index is 6.08. The third-order valence-electron chi connectivity index (χ3n) is 4.95. The van der Waals surface area contributed by atoms with Gasteiger partial charge in [-0.2, -0.15) is 0 Å². The lowest BCUT2D eigenvalue weighted by Crippen LogP contribution is -2.52. The molecule has 0 spiro atoms. The summed E-state index contributed by atoms with van der Waals surface area (Å²) in [7, 11) is 2.28. The summed E-state index contributed by atoms with van der Waals surface area (Å²) in [5.74, 6) is 0.795. The van der Waals surface area contributed by atoms with Crippen molar-refractivity contribution in [2.24, 2.45) is 11.7 Å². The summed E-state index contributed by atoms with van der Waals surface area (Å²) in [5, 5.41) is 0.779. The summed E-state index contributed by atoms with van der Waals surface area (Å²) in [6, 6.07) is 6.90. The first-order valence-electron chi connectivity index (χ1n) is 7.62. The summed E-state index contributed by atoms with van der Waals surface area (Å²) < 4.78 is 0. The Morgan fingerprint density at radius 1 is 1.30 bits per heavy atom. The molecule has 2 atom stereocenters. The first-order chi connectivity index (χ1) is 9.69. The van der Waals surface area contributed by atoms with Gasteiger partial charge in [-0.05, 0) is 62.5 Å². The van der Waals surface area contributed by atoms with Crippen LogP contribution in [0.3, 0.4) is 0 Å². The van der Waals surface area contributed by atoms with Crippen molar-refractivity contribution < 1.29 is 0 Å². The average molecular weight is 294 g/mol. The Labute approximate surface area is 126 Å². The zero-order chi connectivity index (χ0) is 14.1. The van der Waals surface area contributed by atoms with E-state index in [1.807, 2.05) is 12.1 Å². The largest absolute Gasteiger partial charge is 0.371 e. The lowest BCUT2D eigenvalue weighted by atomic mass is 9.84. The Bertz CT molecular complexity index is 477. The van der Waals surface area contributed by atoms with Gasteiger partial charge in [-0.1, -0.05) is 11.6 Å². The van der Waals surface area contributed by atoms with E-state index in [2.05, 4.69) is 22.9 Å². The van der Waals surface area contributed by atoms with E-state index in [9.17, 15) is 0 Å². The third kappa shape index (κ3) is 2.67. The van der Waals surface area contributed by atoms with Crippen LogP contribution in [0.5, 0.6) is 0 Å². The highest BCUT2D eigenvalue weighted by atomic mass is 35.5. The standard InChI is InChI=1S/C16H24ClN3/c1-19-7-2-3-12-11-20(8-6-15(12)19)16-5-4-14(17)9-13(16)10-18/h4-5,9,12,15H,2-3,6-8,10-11,18H2,1H3. The van der Waals surface area contributed by atoms with E-state index in [1.54, 1.807) is 0 Å². The highest BCUT2D eigenvalue weighted by Crippen LogP contribution is 2.33. The summed E-state index contributed by atoms with van der Waals surface area (Å²) in [6.07, 6.45) is 3.95. The summed E-state index contributed by atoms with van der Waals surface area (Å²) in [6.45, 7) is 4.10. The van der Waals surface area contributed by atoms with Crippen LogP contribution >= 0.6 is 11.6 Å². The molecule has 2 heterocycles. The molecule has 3 rings (SSSR count). The molecule has 4 heteroatoms. The normalized spacial score (nSPS) is 27.4. The van der Waals surface area contributed by atoms with Crippen molar-refractivity contribution in [1.82, 2.24) is 4.90 Å².